The molecule has 1 unspecified atom stereocenters. The molecule has 2 aromatic rings. The average molecular weight is 320 g/mol. The van der Waals surface area contributed by atoms with Gasteiger partial charge in [0.2, 0.25) is 7.58 Å². The third kappa shape index (κ3) is 3.72. The summed E-state index contributed by atoms with van der Waals surface area (Å²) in [7, 11) is 3.80. The molecule has 5 heteroatoms. The summed E-state index contributed by atoms with van der Waals surface area (Å²) < 4.78 is 16.0. The lowest BCUT2D eigenvalue weighted by Gasteiger charge is -2.17. The monoisotopic (exact) mass is 320 g/mol. The number of hydrogen-bond acceptors (Lipinski definition) is 4. The molecule has 2 aromatic carbocycles. The zero-order chi connectivity index (χ0) is 15.2. The molecule has 0 saturated heterocycles. The molecule has 0 bridgehead atoms. The first-order valence-corrected chi connectivity index (χ1v) is 8.33. The minimum Gasteiger partial charge on any atom is -0.497 e. The van der Waals surface area contributed by atoms with Crippen molar-refractivity contribution in [3.05, 3.63) is 53.6 Å². The van der Waals surface area contributed by atoms with Crippen LogP contribution < -0.4 is 14.0 Å². The molecular weight excluding hydrogens is 303 g/mol. The van der Waals surface area contributed by atoms with E-state index in [0.717, 1.165) is 22.8 Å². The van der Waals surface area contributed by atoms with E-state index in [9.17, 15) is 0 Å². The molecule has 2 rings (SSSR count). The summed E-state index contributed by atoms with van der Waals surface area (Å²) in [5, 5.41) is 0. The highest BCUT2D eigenvalue weighted by Crippen LogP contribution is 2.34. The SMILES string of the molecule is COc1ccc(C(C)c2ccc(OP=S)cc2)c(OC)c1. The lowest BCUT2D eigenvalue weighted by molar-refractivity contribution is 0.390. The van der Waals surface area contributed by atoms with Crippen LogP contribution in [0.3, 0.4) is 0 Å². The number of rotatable bonds is 6. The van der Waals surface area contributed by atoms with Crippen molar-refractivity contribution in [1.82, 2.24) is 0 Å². The smallest absolute Gasteiger partial charge is 0.205 e. The van der Waals surface area contributed by atoms with E-state index < -0.39 is 0 Å². The van der Waals surface area contributed by atoms with Crippen molar-refractivity contribution in [1.29, 1.82) is 0 Å². The molecule has 0 aliphatic carbocycles. The molecule has 3 nitrogen and oxygen atoms in total. The first kappa shape index (κ1) is 15.7. The highest BCUT2D eigenvalue weighted by molar-refractivity contribution is 7.94. The molecule has 0 amide bonds. The van der Waals surface area contributed by atoms with Crippen molar-refractivity contribution < 1.29 is 14.0 Å². The summed E-state index contributed by atoms with van der Waals surface area (Å²) in [6.07, 6.45) is 0. The van der Waals surface area contributed by atoms with Gasteiger partial charge in [-0.05, 0) is 35.6 Å². The Morgan fingerprint density at radius 2 is 1.62 bits per heavy atom. The molecule has 0 aliphatic heterocycles. The van der Waals surface area contributed by atoms with Crippen LogP contribution in [0.4, 0.5) is 0 Å². The number of benzene rings is 2. The number of methoxy groups -OCH3 is 2. The lowest BCUT2D eigenvalue weighted by atomic mass is 9.92. The Labute approximate surface area is 131 Å². The highest BCUT2D eigenvalue weighted by atomic mass is 32.4. The Morgan fingerprint density at radius 3 is 2.19 bits per heavy atom. The van der Waals surface area contributed by atoms with Crippen molar-refractivity contribution in [2.24, 2.45) is 0 Å². The quantitative estimate of drug-likeness (QED) is 0.729. The molecular formula is C16H17O3PS. The molecule has 0 saturated carbocycles. The molecule has 0 aromatic heterocycles. The van der Waals surface area contributed by atoms with Crippen molar-refractivity contribution >= 4 is 19.4 Å². The van der Waals surface area contributed by atoms with Crippen LogP contribution in [0.2, 0.25) is 0 Å². The van der Waals surface area contributed by atoms with Crippen molar-refractivity contribution in [2.45, 2.75) is 12.8 Å². The summed E-state index contributed by atoms with van der Waals surface area (Å²) >= 11 is 4.77. The molecule has 0 heterocycles. The Kier molecular flexibility index (Phi) is 5.54. The Morgan fingerprint density at radius 1 is 0.952 bits per heavy atom. The minimum absolute atomic E-state index is 0.209. The highest BCUT2D eigenvalue weighted by Gasteiger charge is 2.14. The van der Waals surface area contributed by atoms with Crippen LogP contribution >= 0.6 is 7.58 Å². The Bertz CT molecular complexity index is 613. The van der Waals surface area contributed by atoms with Gasteiger partial charge in [0.05, 0.1) is 14.2 Å². The van der Waals surface area contributed by atoms with Gasteiger partial charge < -0.3 is 14.0 Å². The molecule has 1 atom stereocenters. The Hall–Kier alpha value is -1.64. The maximum atomic E-state index is 5.47. The van der Waals surface area contributed by atoms with Crippen LogP contribution in [0.5, 0.6) is 17.2 Å². The van der Waals surface area contributed by atoms with Gasteiger partial charge in [-0.3, -0.25) is 0 Å². The fraction of sp³-hybridized carbons (Fsp3) is 0.250. The molecule has 110 valence electrons. The summed E-state index contributed by atoms with van der Waals surface area (Å²) in [6, 6.07) is 13.8. The topological polar surface area (TPSA) is 27.7 Å². The van der Waals surface area contributed by atoms with Gasteiger partial charge in [-0.15, -0.1) is 0 Å². The molecule has 0 spiro atoms. The third-order valence-corrected chi connectivity index (χ3v) is 3.94. The standard InChI is InChI=1S/C16H17O3PS/c1-11(12-4-6-13(7-5-12)19-20-21)15-9-8-14(17-2)10-16(15)18-3/h4-11H,1-3H3. The van der Waals surface area contributed by atoms with Gasteiger partial charge in [-0.2, -0.15) is 0 Å². The average Bonchev–Trinajstić information content (AvgIpc) is 2.54. The second-order valence-electron chi connectivity index (χ2n) is 4.56. The van der Waals surface area contributed by atoms with E-state index >= 15 is 0 Å². The van der Waals surface area contributed by atoms with Crippen molar-refractivity contribution in [3.8, 4) is 17.2 Å². The van der Waals surface area contributed by atoms with Gasteiger partial charge in [0.1, 0.15) is 17.2 Å². The summed E-state index contributed by atoms with van der Waals surface area (Å²) in [5.41, 5.74) is 2.31. The van der Waals surface area contributed by atoms with E-state index in [1.54, 1.807) is 14.2 Å². The second-order valence-corrected chi connectivity index (χ2v) is 5.34. The van der Waals surface area contributed by atoms with Crippen LogP contribution in [-0.2, 0) is 11.8 Å². The van der Waals surface area contributed by atoms with E-state index in [1.807, 2.05) is 42.5 Å². The van der Waals surface area contributed by atoms with Gasteiger partial charge >= 0.3 is 0 Å². The fourth-order valence-corrected chi connectivity index (χ4v) is 2.68. The molecule has 0 radical (unpaired) electrons. The largest absolute Gasteiger partial charge is 0.497 e. The molecule has 0 fully saturated rings. The van der Waals surface area contributed by atoms with E-state index in [1.165, 1.54) is 5.56 Å². The first-order chi connectivity index (χ1) is 10.2. The van der Waals surface area contributed by atoms with Gasteiger partial charge in [0.15, 0.2) is 0 Å². The first-order valence-electron chi connectivity index (χ1n) is 6.51. The van der Waals surface area contributed by atoms with E-state index in [-0.39, 0.29) is 5.92 Å². The number of ether oxygens (including phenoxy) is 2. The summed E-state index contributed by atoms with van der Waals surface area (Å²) in [6.45, 7) is 2.14. The van der Waals surface area contributed by atoms with E-state index in [4.69, 9.17) is 25.8 Å². The predicted molar refractivity (Wildman–Crippen MR) is 88.4 cm³/mol. The zero-order valence-electron chi connectivity index (χ0n) is 12.2. The summed E-state index contributed by atoms with van der Waals surface area (Å²) in [4.78, 5) is 0. The van der Waals surface area contributed by atoms with E-state index in [2.05, 4.69) is 6.92 Å². The van der Waals surface area contributed by atoms with Gasteiger partial charge in [0, 0.05) is 17.5 Å². The van der Waals surface area contributed by atoms with Crippen LogP contribution in [-0.4, -0.2) is 14.2 Å². The molecule has 0 N–H and O–H groups in total. The molecule has 21 heavy (non-hydrogen) atoms. The zero-order valence-corrected chi connectivity index (χ0v) is 13.9. The third-order valence-electron chi connectivity index (χ3n) is 3.43. The maximum absolute atomic E-state index is 5.47. The normalized spacial score (nSPS) is 12.0. The molecule has 0 aliphatic rings. The maximum Gasteiger partial charge on any atom is 0.205 e. The predicted octanol–water partition coefficient (Wildman–Crippen LogP) is 4.56. The fourth-order valence-electron chi connectivity index (χ4n) is 2.22. The van der Waals surface area contributed by atoms with Gasteiger partial charge in [0.25, 0.3) is 0 Å². The van der Waals surface area contributed by atoms with Crippen LogP contribution in [0.15, 0.2) is 42.5 Å². The van der Waals surface area contributed by atoms with Gasteiger partial charge in [-0.1, -0.05) is 25.1 Å². The summed E-state index contributed by atoms with van der Waals surface area (Å²) in [5.74, 6) is 2.60. The Balaban J connectivity index is 2.30. The second kappa shape index (κ2) is 7.39. The van der Waals surface area contributed by atoms with Gasteiger partial charge in [-0.25, -0.2) is 0 Å². The minimum atomic E-state index is 0.209. The van der Waals surface area contributed by atoms with E-state index in [0.29, 0.717) is 7.58 Å². The van der Waals surface area contributed by atoms with Crippen molar-refractivity contribution in [3.63, 3.8) is 0 Å². The van der Waals surface area contributed by atoms with Crippen LogP contribution in [0.25, 0.3) is 0 Å². The number of hydrogen-bond donors (Lipinski definition) is 0. The van der Waals surface area contributed by atoms with Crippen LogP contribution in [0, 0.1) is 0 Å². The lowest BCUT2D eigenvalue weighted by Crippen LogP contribution is -2.00. The van der Waals surface area contributed by atoms with Crippen LogP contribution in [0.1, 0.15) is 24.0 Å². The van der Waals surface area contributed by atoms with Crippen molar-refractivity contribution in [2.75, 3.05) is 14.2 Å².